The van der Waals surface area contributed by atoms with E-state index in [2.05, 4.69) is 53.5 Å². The highest BCUT2D eigenvalue weighted by Gasteiger charge is 2.57. The largest absolute Gasteiger partial charge is 0.353 e. The zero-order chi connectivity index (χ0) is 22.5. The lowest BCUT2D eigenvalue weighted by Crippen LogP contribution is -2.44. The molecule has 4 aliphatic rings. The van der Waals surface area contributed by atoms with E-state index in [1.807, 2.05) is 30.3 Å². The van der Waals surface area contributed by atoms with E-state index >= 15 is 0 Å². The Morgan fingerprint density at radius 1 is 0.879 bits per heavy atom. The van der Waals surface area contributed by atoms with E-state index in [4.69, 9.17) is 0 Å². The predicted molar refractivity (Wildman–Crippen MR) is 127 cm³/mol. The number of benzene rings is 2. The third-order valence-corrected chi connectivity index (χ3v) is 7.75. The zero-order valence-electron chi connectivity index (χ0n) is 18.4. The van der Waals surface area contributed by atoms with Gasteiger partial charge in [-0.05, 0) is 54.4 Å². The first-order valence-electron chi connectivity index (χ1n) is 11.9. The van der Waals surface area contributed by atoms with Gasteiger partial charge in [-0.15, -0.1) is 0 Å². The molecule has 6 rings (SSSR count). The number of anilines is 1. The minimum absolute atomic E-state index is 0.0508. The number of hydrogen-bond acceptors (Lipinski definition) is 4. The van der Waals surface area contributed by atoms with E-state index in [-0.39, 0.29) is 41.3 Å². The summed E-state index contributed by atoms with van der Waals surface area (Å²) in [4.78, 5) is 16.2. The van der Waals surface area contributed by atoms with Crippen molar-refractivity contribution in [3.8, 4) is 12.1 Å². The third kappa shape index (κ3) is 3.21. The van der Waals surface area contributed by atoms with Gasteiger partial charge in [-0.3, -0.25) is 4.79 Å². The molecule has 0 radical (unpaired) electrons. The summed E-state index contributed by atoms with van der Waals surface area (Å²) in [5.41, 5.74) is 4.54. The molecular weight excluding hydrogens is 406 g/mol. The van der Waals surface area contributed by atoms with Gasteiger partial charge in [0.05, 0.1) is 12.1 Å². The molecule has 0 amide bonds. The molecule has 2 aromatic carbocycles. The molecule has 0 spiro atoms. The molecule has 0 aromatic heterocycles. The molecule has 4 atom stereocenters. The van der Waals surface area contributed by atoms with Crippen molar-refractivity contribution in [3.05, 3.63) is 82.9 Å². The first-order valence-corrected chi connectivity index (χ1v) is 11.9. The Morgan fingerprint density at radius 2 is 1.55 bits per heavy atom. The van der Waals surface area contributed by atoms with E-state index < -0.39 is 0 Å². The van der Waals surface area contributed by atoms with Gasteiger partial charge in [-0.2, -0.15) is 10.5 Å². The molecule has 162 valence electrons. The second-order valence-electron chi connectivity index (χ2n) is 9.73. The van der Waals surface area contributed by atoms with Crippen LogP contribution in [0.1, 0.15) is 42.7 Å². The highest BCUT2D eigenvalue weighted by Crippen LogP contribution is 2.57. The number of carbonyl (C=O) groups is 1. The normalized spacial score (nSPS) is 27.2. The van der Waals surface area contributed by atoms with Crippen molar-refractivity contribution in [3.63, 3.8) is 0 Å². The molecule has 1 saturated heterocycles. The fourth-order valence-electron chi connectivity index (χ4n) is 6.09. The first-order chi connectivity index (χ1) is 16.2. The molecule has 2 heterocycles. The fraction of sp³-hybridized carbons (Fsp3) is 0.345. The number of allylic oxidation sites excluding steroid dienone is 1. The maximum absolute atomic E-state index is 13.9. The number of hydrogen-bond donors (Lipinski definition) is 0. The van der Waals surface area contributed by atoms with Gasteiger partial charge >= 0.3 is 0 Å². The highest BCUT2D eigenvalue weighted by molar-refractivity contribution is 5.95. The van der Waals surface area contributed by atoms with Gasteiger partial charge in [0.25, 0.3) is 0 Å². The number of ketones is 1. The molecule has 0 N–H and O–H groups in total. The summed E-state index contributed by atoms with van der Waals surface area (Å²) < 4.78 is 0. The highest BCUT2D eigenvalue weighted by atomic mass is 16.1. The Morgan fingerprint density at radius 3 is 2.21 bits per heavy atom. The van der Waals surface area contributed by atoms with Gasteiger partial charge in [0.1, 0.15) is 17.7 Å². The Labute approximate surface area is 194 Å². The van der Waals surface area contributed by atoms with E-state index in [1.165, 1.54) is 0 Å². The second-order valence-corrected chi connectivity index (χ2v) is 9.73. The van der Waals surface area contributed by atoms with Crippen LogP contribution in [-0.4, -0.2) is 17.9 Å². The smallest absolute Gasteiger partial charge is 0.158 e. The minimum atomic E-state index is -0.298. The van der Waals surface area contributed by atoms with Crippen LogP contribution in [0, 0.1) is 40.4 Å². The number of nitrogens with zero attached hydrogens (tertiary/aromatic N) is 3. The van der Waals surface area contributed by atoms with Crippen molar-refractivity contribution in [1.82, 2.24) is 0 Å². The Bertz CT molecular complexity index is 1240. The van der Waals surface area contributed by atoms with Gasteiger partial charge in [-0.25, -0.2) is 0 Å². The summed E-state index contributed by atoms with van der Waals surface area (Å²) in [5, 5.41) is 19.8. The molecule has 4 nitrogen and oxygen atoms in total. The van der Waals surface area contributed by atoms with Crippen LogP contribution in [0.4, 0.5) is 5.69 Å². The topological polar surface area (TPSA) is 67.9 Å². The van der Waals surface area contributed by atoms with Gasteiger partial charge in [0.2, 0.25) is 0 Å². The van der Waals surface area contributed by atoms with Gasteiger partial charge in [0, 0.05) is 23.4 Å². The van der Waals surface area contributed by atoms with Crippen LogP contribution in [0.25, 0.3) is 6.08 Å². The lowest BCUT2D eigenvalue weighted by atomic mass is 9.73. The summed E-state index contributed by atoms with van der Waals surface area (Å²) in [5.74, 6) is 0.530. The SMILES string of the molecule is N#CC(C#N)=C(C1CC1)C1C(c2ccccc2)C(C(=O)C2CC2)N2c3ccccc3C=CC12. The molecular formula is C29H25N3O. The Hall–Kier alpha value is -3.63. The molecule has 2 saturated carbocycles. The summed E-state index contributed by atoms with van der Waals surface area (Å²) in [6.45, 7) is 0. The lowest BCUT2D eigenvalue weighted by Gasteiger charge is -2.36. The number of carbonyl (C=O) groups excluding carboxylic acids is 1. The van der Waals surface area contributed by atoms with Gasteiger partial charge in [0.15, 0.2) is 5.78 Å². The van der Waals surface area contributed by atoms with Crippen LogP contribution >= 0.6 is 0 Å². The van der Waals surface area contributed by atoms with Crippen molar-refractivity contribution in [2.24, 2.45) is 17.8 Å². The quantitative estimate of drug-likeness (QED) is 0.594. The van der Waals surface area contributed by atoms with E-state index in [0.717, 1.165) is 48.1 Å². The van der Waals surface area contributed by atoms with E-state index in [0.29, 0.717) is 5.78 Å². The molecule has 2 aliphatic heterocycles. The van der Waals surface area contributed by atoms with Crippen LogP contribution in [-0.2, 0) is 4.79 Å². The zero-order valence-corrected chi connectivity index (χ0v) is 18.4. The van der Waals surface area contributed by atoms with Gasteiger partial charge in [-0.1, -0.05) is 60.7 Å². The number of fused-ring (bicyclic) bond motifs is 3. The Balaban J connectivity index is 1.61. The van der Waals surface area contributed by atoms with E-state index in [1.54, 1.807) is 0 Å². The lowest BCUT2D eigenvalue weighted by molar-refractivity contribution is -0.121. The predicted octanol–water partition coefficient (Wildman–Crippen LogP) is 5.40. The van der Waals surface area contributed by atoms with Crippen LogP contribution in [0.2, 0.25) is 0 Å². The minimum Gasteiger partial charge on any atom is -0.353 e. The van der Waals surface area contributed by atoms with Crippen molar-refractivity contribution < 1.29 is 4.79 Å². The number of para-hydroxylation sites is 1. The molecule has 2 aromatic rings. The molecule has 4 heteroatoms. The standard InChI is InChI=1S/C29H25N3O/c30-16-22(17-31)25(20-10-11-20)27-24-15-14-18-6-4-5-9-23(18)32(24)28(29(33)21-12-13-21)26(27)19-7-2-1-3-8-19/h1-9,14-15,20-21,24,26-28H,10-13H2. The summed E-state index contributed by atoms with van der Waals surface area (Å²) in [7, 11) is 0. The molecule has 33 heavy (non-hydrogen) atoms. The van der Waals surface area contributed by atoms with Crippen molar-refractivity contribution in [2.75, 3.05) is 4.90 Å². The summed E-state index contributed by atoms with van der Waals surface area (Å²) in [6, 6.07) is 22.6. The van der Waals surface area contributed by atoms with Crippen LogP contribution in [0.15, 0.2) is 71.8 Å². The van der Waals surface area contributed by atoms with Crippen LogP contribution in [0.3, 0.4) is 0 Å². The average molecular weight is 432 g/mol. The van der Waals surface area contributed by atoms with Gasteiger partial charge < -0.3 is 4.90 Å². The first kappa shape index (κ1) is 20.0. The molecule has 4 unspecified atom stereocenters. The molecule has 3 fully saturated rings. The third-order valence-electron chi connectivity index (χ3n) is 7.75. The summed E-state index contributed by atoms with van der Waals surface area (Å²) >= 11 is 0. The number of Topliss-reactive ketones (excluding diaryl/α,β-unsaturated/α-hetero) is 1. The molecule has 2 aliphatic carbocycles. The van der Waals surface area contributed by atoms with Crippen LogP contribution < -0.4 is 4.90 Å². The Kier molecular flexibility index (Phi) is 4.70. The monoisotopic (exact) mass is 431 g/mol. The van der Waals surface area contributed by atoms with Crippen molar-refractivity contribution >= 4 is 17.5 Å². The van der Waals surface area contributed by atoms with Crippen molar-refractivity contribution in [1.29, 1.82) is 10.5 Å². The van der Waals surface area contributed by atoms with Crippen LogP contribution in [0.5, 0.6) is 0 Å². The fourth-order valence-corrected chi connectivity index (χ4v) is 6.09. The van der Waals surface area contributed by atoms with Crippen molar-refractivity contribution in [2.45, 2.75) is 43.7 Å². The van der Waals surface area contributed by atoms with E-state index in [9.17, 15) is 15.3 Å². The number of nitriles is 2. The summed E-state index contributed by atoms with van der Waals surface area (Å²) in [6.07, 6.45) is 8.30. The molecule has 0 bridgehead atoms. The maximum Gasteiger partial charge on any atom is 0.158 e. The average Bonchev–Trinajstić information content (AvgIpc) is 3.78. The second kappa shape index (κ2) is 7.75. The maximum atomic E-state index is 13.9. The number of rotatable bonds is 5.